The molecule has 0 fully saturated rings. The average Bonchev–Trinajstić information content (AvgIpc) is 2.82. The number of carbonyl (C=O) groups is 2. The monoisotopic (exact) mass is 491 g/mol. The number of carbonyl (C=O) groups excluding carboxylic acids is 2. The highest BCUT2D eigenvalue weighted by atomic mass is 32.2. The molecule has 0 radical (unpaired) electrons. The van der Waals surface area contributed by atoms with Crippen LogP contribution in [0.3, 0.4) is 0 Å². The summed E-state index contributed by atoms with van der Waals surface area (Å²) in [5.41, 5.74) is 5.04. The highest BCUT2D eigenvalue weighted by Gasteiger charge is 2.27. The van der Waals surface area contributed by atoms with Crippen LogP contribution in [0, 0.1) is 5.92 Å². The van der Waals surface area contributed by atoms with Crippen molar-refractivity contribution >= 4 is 21.8 Å². The predicted molar refractivity (Wildman–Crippen MR) is 129 cm³/mol. The number of benzene rings is 2. The molecule has 186 valence electrons. The maximum atomic E-state index is 13.0. The van der Waals surface area contributed by atoms with Gasteiger partial charge in [0.25, 0.3) is 11.8 Å². The molecule has 0 spiro atoms. The highest BCUT2D eigenvalue weighted by Crippen LogP contribution is 2.28. The molecular weight excluding hydrogens is 458 g/mol. The molecule has 0 heterocycles. The summed E-state index contributed by atoms with van der Waals surface area (Å²) < 4.78 is 38.0. The Morgan fingerprint density at radius 1 is 0.941 bits per heavy atom. The summed E-state index contributed by atoms with van der Waals surface area (Å²) in [5, 5.41) is 0. The second-order valence-electron chi connectivity index (χ2n) is 7.92. The normalized spacial score (nSPS) is 11.4. The van der Waals surface area contributed by atoms with Gasteiger partial charge in [-0.3, -0.25) is 20.4 Å². The first-order valence-electron chi connectivity index (χ1n) is 11.2. The zero-order chi connectivity index (χ0) is 25.3. The van der Waals surface area contributed by atoms with Crippen LogP contribution < -0.4 is 20.3 Å². The van der Waals surface area contributed by atoms with Gasteiger partial charge in [-0.05, 0) is 54.8 Å². The van der Waals surface area contributed by atoms with Gasteiger partial charge in [-0.2, -0.15) is 4.31 Å². The standard InChI is InChI=1S/C24H33N3O6S/c1-6-27(7-2)34(30,31)22-16-19(10-13-21(22)32-5)24(29)26-25-23(28)18-8-11-20(12-9-18)33-15-14-17(3)4/h8-13,16-17H,6-7,14-15H2,1-5H3,(H,25,28)(H,26,29). The summed E-state index contributed by atoms with van der Waals surface area (Å²) in [6.45, 7) is 8.82. The zero-order valence-corrected chi connectivity index (χ0v) is 21.1. The molecule has 0 saturated carbocycles. The molecule has 10 heteroatoms. The summed E-state index contributed by atoms with van der Waals surface area (Å²) in [4.78, 5) is 24.9. The Bertz CT molecular complexity index is 1080. The summed E-state index contributed by atoms with van der Waals surface area (Å²) in [6.07, 6.45) is 0.928. The number of hydrazine groups is 1. The molecule has 0 aliphatic rings. The van der Waals surface area contributed by atoms with Gasteiger partial charge >= 0.3 is 0 Å². The Morgan fingerprint density at radius 3 is 2.03 bits per heavy atom. The molecule has 9 nitrogen and oxygen atoms in total. The molecule has 2 amide bonds. The predicted octanol–water partition coefficient (Wildman–Crippen LogP) is 3.23. The number of ether oxygens (including phenoxy) is 2. The van der Waals surface area contributed by atoms with Gasteiger partial charge in [0, 0.05) is 24.2 Å². The number of rotatable bonds is 11. The van der Waals surface area contributed by atoms with Crippen LogP contribution in [-0.2, 0) is 10.0 Å². The van der Waals surface area contributed by atoms with Gasteiger partial charge in [0.1, 0.15) is 16.4 Å². The van der Waals surface area contributed by atoms with Crippen molar-refractivity contribution in [2.75, 3.05) is 26.8 Å². The van der Waals surface area contributed by atoms with E-state index in [9.17, 15) is 18.0 Å². The first kappa shape index (κ1) is 27.1. The van der Waals surface area contributed by atoms with E-state index in [0.29, 0.717) is 23.8 Å². The van der Waals surface area contributed by atoms with Crippen LogP contribution in [-0.4, -0.2) is 51.3 Å². The second kappa shape index (κ2) is 12.4. The number of amides is 2. The zero-order valence-electron chi connectivity index (χ0n) is 20.3. The van der Waals surface area contributed by atoms with E-state index in [0.717, 1.165) is 6.42 Å². The fourth-order valence-corrected chi connectivity index (χ4v) is 4.73. The van der Waals surface area contributed by atoms with Crippen molar-refractivity contribution in [3.05, 3.63) is 53.6 Å². The minimum absolute atomic E-state index is 0.0562. The Labute approximate surface area is 201 Å². The molecule has 2 aromatic rings. The first-order chi connectivity index (χ1) is 16.1. The molecule has 0 aliphatic carbocycles. The molecule has 34 heavy (non-hydrogen) atoms. The molecule has 2 rings (SSSR count). The molecular formula is C24H33N3O6S. The number of nitrogens with zero attached hydrogens (tertiary/aromatic N) is 1. The molecule has 0 unspecified atom stereocenters. The van der Waals surface area contributed by atoms with Crippen LogP contribution in [0.1, 0.15) is 54.8 Å². The van der Waals surface area contributed by atoms with Crippen LogP contribution in [0.5, 0.6) is 11.5 Å². The molecule has 2 aromatic carbocycles. The quantitative estimate of drug-likeness (QED) is 0.467. The van der Waals surface area contributed by atoms with Crippen molar-refractivity contribution in [3.63, 3.8) is 0 Å². The SMILES string of the molecule is CCN(CC)S(=O)(=O)c1cc(C(=O)NNC(=O)c2ccc(OCCC(C)C)cc2)ccc1OC. The van der Waals surface area contributed by atoms with Gasteiger partial charge in [0.15, 0.2) is 0 Å². The van der Waals surface area contributed by atoms with Crippen LogP contribution in [0.4, 0.5) is 0 Å². The summed E-state index contributed by atoms with van der Waals surface area (Å²) in [5.74, 6) is 0.129. The molecule has 0 aromatic heterocycles. The van der Waals surface area contributed by atoms with E-state index in [2.05, 4.69) is 24.7 Å². The fraction of sp³-hybridized carbons (Fsp3) is 0.417. The van der Waals surface area contributed by atoms with Crippen LogP contribution in [0.15, 0.2) is 47.4 Å². The van der Waals surface area contributed by atoms with Gasteiger partial charge < -0.3 is 9.47 Å². The van der Waals surface area contributed by atoms with Crippen molar-refractivity contribution in [3.8, 4) is 11.5 Å². The van der Waals surface area contributed by atoms with Crippen molar-refractivity contribution in [1.82, 2.24) is 15.2 Å². The Balaban J connectivity index is 2.08. The Morgan fingerprint density at radius 2 is 1.50 bits per heavy atom. The lowest BCUT2D eigenvalue weighted by Gasteiger charge is -2.20. The third-order valence-corrected chi connectivity index (χ3v) is 7.19. The number of hydrogen-bond acceptors (Lipinski definition) is 6. The molecule has 0 atom stereocenters. The highest BCUT2D eigenvalue weighted by molar-refractivity contribution is 7.89. The van der Waals surface area contributed by atoms with Crippen molar-refractivity contribution in [2.24, 2.45) is 5.92 Å². The second-order valence-corrected chi connectivity index (χ2v) is 9.82. The molecule has 2 N–H and O–H groups in total. The number of nitrogens with one attached hydrogen (secondary N) is 2. The smallest absolute Gasteiger partial charge is 0.269 e. The Kier molecular flexibility index (Phi) is 9.88. The molecule has 0 aliphatic heterocycles. The van der Waals surface area contributed by atoms with Gasteiger partial charge in [0.2, 0.25) is 10.0 Å². The van der Waals surface area contributed by atoms with Crippen molar-refractivity contribution in [1.29, 1.82) is 0 Å². The topological polar surface area (TPSA) is 114 Å². The average molecular weight is 492 g/mol. The first-order valence-corrected chi connectivity index (χ1v) is 12.6. The minimum atomic E-state index is -3.86. The third-order valence-electron chi connectivity index (χ3n) is 5.12. The lowest BCUT2D eigenvalue weighted by Crippen LogP contribution is -2.41. The third kappa shape index (κ3) is 6.94. The van der Waals surface area contributed by atoms with E-state index in [1.807, 2.05) is 0 Å². The van der Waals surface area contributed by atoms with Crippen molar-refractivity contribution in [2.45, 2.75) is 39.0 Å². The molecule has 0 saturated heterocycles. The van der Waals surface area contributed by atoms with E-state index in [1.165, 1.54) is 29.6 Å². The lowest BCUT2D eigenvalue weighted by molar-refractivity contribution is 0.0846. The maximum Gasteiger partial charge on any atom is 0.269 e. The minimum Gasteiger partial charge on any atom is -0.495 e. The van der Waals surface area contributed by atoms with Gasteiger partial charge in [-0.1, -0.05) is 27.7 Å². The van der Waals surface area contributed by atoms with Crippen LogP contribution in [0.2, 0.25) is 0 Å². The van der Waals surface area contributed by atoms with Crippen LogP contribution in [0.25, 0.3) is 0 Å². The van der Waals surface area contributed by atoms with E-state index in [-0.39, 0.29) is 29.3 Å². The summed E-state index contributed by atoms with van der Waals surface area (Å²) in [6, 6.07) is 10.6. The largest absolute Gasteiger partial charge is 0.495 e. The Hall–Kier alpha value is -3.11. The van der Waals surface area contributed by atoms with E-state index >= 15 is 0 Å². The van der Waals surface area contributed by atoms with E-state index in [4.69, 9.17) is 9.47 Å². The summed E-state index contributed by atoms with van der Waals surface area (Å²) in [7, 11) is -2.50. The maximum absolute atomic E-state index is 13.0. The molecule has 0 bridgehead atoms. The lowest BCUT2D eigenvalue weighted by atomic mass is 10.1. The number of hydrogen-bond donors (Lipinski definition) is 2. The van der Waals surface area contributed by atoms with Gasteiger partial charge in [-0.25, -0.2) is 8.42 Å². The fourth-order valence-electron chi connectivity index (χ4n) is 3.10. The number of methoxy groups -OCH3 is 1. The van der Waals surface area contributed by atoms with E-state index in [1.54, 1.807) is 38.1 Å². The van der Waals surface area contributed by atoms with E-state index < -0.39 is 21.8 Å². The van der Waals surface area contributed by atoms with Gasteiger partial charge in [0.05, 0.1) is 13.7 Å². The number of sulfonamides is 1. The van der Waals surface area contributed by atoms with Crippen molar-refractivity contribution < 1.29 is 27.5 Å². The van der Waals surface area contributed by atoms with Gasteiger partial charge in [-0.15, -0.1) is 0 Å². The summed E-state index contributed by atoms with van der Waals surface area (Å²) >= 11 is 0. The van der Waals surface area contributed by atoms with Crippen LogP contribution >= 0.6 is 0 Å².